The van der Waals surface area contributed by atoms with Crippen LogP contribution < -0.4 is 5.32 Å². The van der Waals surface area contributed by atoms with Gasteiger partial charge in [0.2, 0.25) is 0 Å². The molecule has 8 nitrogen and oxygen atoms in total. The van der Waals surface area contributed by atoms with Gasteiger partial charge in [-0.2, -0.15) is 15.5 Å². The van der Waals surface area contributed by atoms with Crippen molar-refractivity contribution in [1.29, 1.82) is 5.26 Å². The number of nitrogens with one attached hydrogen (secondary N) is 1. The van der Waals surface area contributed by atoms with Crippen molar-refractivity contribution in [3.63, 3.8) is 0 Å². The third kappa shape index (κ3) is 4.16. The van der Waals surface area contributed by atoms with Gasteiger partial charge in [-0.15, -0.1) is 0 Å². The zero-order chi connectivity index (χ0) is 22.0. The Labute approximate surface area is 194 Å². The summed E-state index contributed by atoms with van der Waals surface area (Å²) in [6.07, 6.45) is 2.32. The summed E-state index contributed by atoms with van der Waals surface area (Å²) in [6.45, 7) is 6.06. The molecule has 0 aliphatic rings. The van der Waals surface area contributed by atoms with Crippen LogP contribution in [0.25, 0.3) is 17.1 Å². The van der Waals surface area contributed by atoms with Crippen molar-refractivity contribution in [3.8, 4) is 23.1 Å². The zero-order valence-corrected chi connectivity index (χ0v) is 19.6. The van der Waals surface area contributed by atoms with Gasteiger partial charge in [-0.3, -0.25) is 4.68 Å². The van der Waals surface area contributed by atoms with Gasteiger partial charge >= 0.3 is 0 Å². The minimum atomic E-state index is 0.637. The summed E-state index contributed by atoms with van der Waals surface area (Å²) in [5.74, 6) is 2.11. The first-order valence-corrected chi connectivity index (χ1v) is 11.4. The highest BCUT2D eigenvalue weighted by molar-refractivity contribution is 14.1. The lowest BCUT2D eigenvalue weighted by Crippen LogP contribution is -2.05. The van der Waals surface area contributed by atoms with Gasteiger partial charge in [-0.1, -0.05) is 41.6 Å². The van der Waals surface area contributed by atoms with Crippen LogP contribution in [0, 0.1) is 25.2 Å². The second-order valence-electron chi connectivity index (χ2n) is 7.06. The van der Waals surface area contributed by atoms with E-state index in [1.165, 1.54) is 6.33 Å². The average molecular weight is 524 g/mol. The van der Waals surface area contributed by atoms with Gasteiger partial charge in [0, 0.05) is 22.9 Å². The quantitative estimate of drug-likeness (QED) is 0.290. The number of anilines is 2. The van der Waals surface area contributed by atoms with Crippen LogP contribution in [0.2, 0.25) is 0 Å². The second-order valence-corrected chi connectivity index (χ2v) is 7.75. The van der Waals surface area contributed by atoms with E-state index in [1.54, 1.807) is 4.68 Å². The highest BCUT2D eigenvalue weighted by Crippen LogP contribution is 2.32. The van der Waals surface area contributed by atoms with Crippen LogP contribution in [0.3, 0.4) is 0 Å². The molecular formula is C22H21IN8. The van der Waals surface area contributed by atoms with E-state index in [1.807, 2.05) is 54.9 Å². The van der Waals surface area contributed by atoms with E-state index in [2.05, 4.69) is 56.0 Å². The van der Waals surface area contributed by atoms with Crippen LogP contribution in [0.1, 0.15) is 29.4 Å². The molecule has 0 fully saturated rings. The van der Waals surface area contributed by atoms with Crippen molar-refractivity contribution in [1.82, 2.24) is 29.5 Å². The van der Waals surface area contributed by atoms with Crippen LogP contribution in [-0.4, -0.2) is 29.5 Å². The van der Waals surface area contributed by atoms with Crippen LogP contribution in [0.15, 0.2) is 42.7 Å². The Bertz CT molecular complexity index is 1260. The molecule has 0 saturated heterocycles. The number of nitriles is 1. The average Bonchev–Trinajstić information content (AvgIpc) is 3.32. The summed E-state index contributed by atoms with van der Waals surface area (Å²) >= 11 is 2.30. The maximum absolute atomic E-state index is 9.09. The van der Waals surface area contributed by atoms with Crippen LogP contribution >= 0.6 is 22.6 Å². The molecule has 3 aromatic heterocycles. The Morgan fingerprint density at radius 3 is 2.48 bits per heavy atom. The van der Waals surface area contributed by atoms with Gasteiger partial charge in [0.15, 0.2) is 11.6 Å². The number of rotatable bonds is 6. The number of alkyl halides is 1. The van der Waals surface area contributed by atoms with Gasteiger partial charge in [0.25, 0.3) is 0 Å². The molecule has 4 rings (SSSR count). The maximum atomic E-state index is 9.09. The number of aryl methyl sites for hydroxylation is 2. The van der Waals surface area contributed by atoms with E-state index < -0.39 is 0 Å². The Morgan fingerprint density at radius 2 is 1.87 bits per heavy atom. The molecule has 3 heterocycles. The minimum Gasteiger partial charge on any atom is -0.323 e. The molecule has 0 amide bonds. The number of hydrogen-bond acceptors (Lipinski definition) is 6. The van der Waals surface area contributed by atoms with Crippen LogP contribution in [0.4, 0.5) is 11.6 Å². The number of benzene rings is 1. The highest BCUT2D eigenvalue weighted by atomic mass is 127. The fourth-order valence-corrected chi connectivity index (χ4v) is 4.05. The molecule has 31 heavy (non-hydrogen) atoms. The molecule has 4 aromatic rings. The topological polar surface area (TPSA) is 97.2 Å². The Balaban J connectivity index is 1.72. The monoisotopic (exact) mass is 524 g/mol. The molecule has 9 heteroatoms. The highest BCUT2D eigenvalue weighted by Gasteiger charge is 2.19. The summed E-state index contributed by atoms with van der Waals surface area (Å²) in [5, 5.41) is 21.8. The lowest BCUT2D eigenvalue weighted by molar-refractivity contribution is 0.778. The van der Waals surface area contributed by atoms with Crippen molar-refractivity contribution >= 4 is 34.2 Å². The number of aromatic nitrogens is 6. The number of halogens is 1. The van der Waals surface area contributed by atoms with E-state index >= 15 is 0 Å². The predicted molar refractivity (Wildman–Crippen MR) is 128 cm³/mol. The van der Waals surface area contributed by atoms with Gasteiger partial charge in [0.1, 0.15) is 12.1 Å². The van der Waals surface area contributed by atoms with Crippen LogP contribution in [0.5, 0.6) is 0 Å². The molecule has 0 saturated carbocycles. The van der Waals surface area contributed by atoms with Crippen molar-refractivity contribution in [2.75, 3.05) is 5.32 Å². The normalized spacial score (nSPS) is 10.8. The van der Waals surface area contributed by atoms with Gasteiger partial charge < -0.3 is 5.32 Å². The lowest BCUT2D eigenvalue weighted by atomic mass is 10.0. The van der Waals surface area contributed by atoms with E-state index in [0.717, 1.165) is 40.4 Å². The first-order valence-electron chi connectivity index (χ1n) is 9.83. The van der Waals surface area contributed by atoms with Crippen molar-refractivity contribution in [3.05, 3.63) is 65.2 Å². The molecule has 0 radical (unpaired) electrons. The lowest BCUT2D eigenvalue weighted by Gasteiger charge is -2.08. The van der Waals surface area contributed by atoms with E-state index in [4.69, 9.17) is 10.4 Å². The molecule has 0 unspecified atom stereocenters. The van der Waals surface area contributed by atoms with E-state index in [-0.39, 0.29) is 0 Å². The molecule has 0 aliphatic carbocycles. The first kappa shape index (κ1) is 21.0. The summed E-state index contributed by atoms with van der Waals surface area (Å²) < 4.78 is 4.46. The smallest absolute Gasteiger partial charge is 0.159 e. The number of hydrogen-bond donors (Lipinski definition) is 1. The summed E-state index contributed by atoms with van der Waals surface area (Å²) in [4.78, 5) is 8.75. The molecule has 0 bridgehead atoms. The third-order valence-electron chi connectivity index (χ3n) is 4.93. The Kier molecular flexibility index (Phi) is 5.99. The molecule has 156 valence electrons. The van der Waals surface area contributed by atoms with Crippen LogP contribution in [-0.2, 0) is 11.0 Å². The minimum absolute atomic E-state index is 0.637. The second kappa shape index (κ2) is 8.85. The van der Waals surface area contributed by atoms with E-state index in [9.17, 15) is 0 Å². The zero-order valence-electron chi connectivity index (χ0n) is 17.5. The Hall–Kier alpha value is -3.26. The molecule has 1 N–H and O–H groups in total. The standard InChI is InChI=1S/C22H21IN8/c1-4-18-21(17-7-5-16(11-24)6-8-17)30(12-23)29-22(18)27-19-10-20(26-13-25-19)31-15(3)9-14(2)28-31/h5-10,13H,4,12H2,1-3H3,(H,25,26,27,29). The summed E-state index contributed by atoms with van der Waals surface area (Å²) in [5.41, 5.74) is 5.74. The summed E-state index contributed by atoms with van der Waals surface area (Å²) in [7, 11) is 0. The fraction of sp³-hybridized carbons (Fsp3) is 0.227. The predicted octanol–water partition coefficient (Wildman–Crippen LogP) is 4.71. The Morgan fingerprint density at radius 1 is 1.10 bits per heavy atom. The van der Waals surface area contributed by atoms with Crippen molar-refractivity contribution in [2.24, 2.45) is 0 Å². The molecule has 1 aromatic carbocycles. The van der Waals surface area contributed by atoms with Gasteiger partial charge in [0.05, 0.1) is 27.6 Å². The number of nitrogens with zero attached hydrogens (tertiary/aromatic N) is 7. The molecule has 0 spiro atoms. The molecule has 0 aliphatic heterocycles. The van der Waals surface area contributed by atoms with Crippen molar-refractivity contribution in [2.45, 2.75) is 31.7 Å². The largest absolute Gasteiger partial charge is 0.323 e. The van der Waals surface area contributed by atoms with Crippen molar-refractivity contribution < 1.29 is 0 Å². The van der Waals surface area contributed by atoms with E-state index in [0.29, 0.717) is 21.8 Å². The van der Waals surface area contributed by atoms with Gasteiger partial charge in [-0.25, -0.2) is 14.6 Å². The SMILES string of the molecule is CCc1c(Nc2cc(-n3nc(C)cc3C)ncn2)nn(CI)c1-c1ccc(C#N)cc1. The molecule has 0 atom stereocenters. The third-order valence-corrected chi connectivity index (χ3v) is 5.58. The first-order chi connectivity index (χ1) is 15.0. The maximum Gasteiger partial charge on any atom is 0.159 e. The molecular weight excluding hydrogens is 503 g/mol. The fourth-order valence-electron chi connectivity index (χ4n) is 3.56. The summed E-state index contributed by atoms with van der Waals surface area (Å²) in [6, 6.07) is 13.6. The van der Waals surface area contributed by atoms with Gasteiger partial charge in [-0.05, 0) is 38.5 Å².